The summed E-state index contributed by atoms with van der Waals surface area (Å²) in [5.41, 5.74) is 5.71. The van der Waals surface area contributed by atoms with E-state index in [1.165, 1.54) is 17.5 Å². The van der Waals surface area contributed by atoms with Crippen molar-refractivity contribution in [1.29, 1.82) is 0 Å². The number of amides is 2. The molecular weight excluding hydrogens is 302 g/mol. The van der Waals surface area contributed by atoms with Crippen molar-refractivity contribution in [2.24, 2.45) is 12.8 Å². The molecule has 3 heterocycles. The van der Waals surface area contributed by atoms with Crippen molar-refractivity contribution in [1.82, 2.24) is 19.7 Å². The van der Waals surface area contributed by atoms with Crippen molar-refractivity contribution in [3.05, 3.63) is 34.0 Å². The fourth-order valence-corrected chi connectivity index (χ4v) is 3.58. The van der Waals surface area contributed by atoms with Crippen molar-refractivity contribution in [3.8, 4) is 0 Å². The molecule has 1 atom stereocenters. The molecule has 0 spiro atoms. The zero-order valence-corrected chi connectivity index (χ0v) is 13.0. The van der Waals surface area contributed by atoms with Crippen LogP contribution in [0.1, 0.15) is 50.5 Å². The smallest absolute Gasteiger partial charge is 0.274 e. The van der Waals surface area contributed by atoms with Crippen LogP contribution < -0.4 is 5.73 Å². The van der Waals surface area contributed by atoms with Gasteiger partial charge in [0.05, 0.1) is 12.2 Å². The van der Waals surface area contributed by atoms with Gasteiger partial charge in [-0.05, 0) is 25.3 Å². The Hall–Kier alpha value is -2.22. The highest BCUT2D eigenvalue weighted by molar-refractivity contribution is 7.13. The monoisotopic (exact) mass is 319 g/mol. The molecule has 0 unspecified atom stereocenters. The number of piperidine rings is 1. The molecule has 1 fully saturated rings. The second-order valence-corrected chi connectivity index (χ2v) is 6.37. The van der Waals surface area contributed by atoms with Crippen molar-refractivity contribution in [2.75, 3.05) is 6.54 Å². The van der Waals surface area contributed by atoms with Gasteiger partial charge in [0.15, 0.2) is 0 Å². The van der Waals surface area contributed by atoms with Gasteiger partial charge in [-0.1, -0.05) is 0 Å². The zero-order chi connectivity index (χ0) is 15.7. The molecule has 22 heavy (non-hydrogen) atoms. The Balaban J connectivity index is 1.87. The number of nitrogens with two attached hydrogens (primary N) is 1. The molecule has 116 valence electrons. The summed E-state index contributed by atoms with van der Waals surface area (Å²) < 4.78 is 1.61. The summed E-state index contributed by atoms with van der Waals surface area (Å²) in [5.74, 6) is -0.580. The third-order valence-electron chi connectivity index (χ3n) is 3.75. The first kappa shape index (κ1) is 14.7. The molecule has 0 aromatic carbocycles. The number of hydrogen-bond donors (Lipinski definition) is 1. The quantitative estimate of drug-likeness (QED) is 0.923. The Morgan fingerprint density at radius 1 is 1.41 bits per heavy atom. The lowest BCUT2D eigenvalue weighted by atomic mass is 10.0. The van der Waals surface area contributed by atoms with Crippen molar-refractivity contribution < 1.29 is 9.59 Å². The first-order chi connectivity index (χ1) is 10.6. The van der Waals surface area contributed by atoms with Crippen LogP contribution in [0.4, 0.5) is 0 Å². The lowest BCUT2D eigenvalue weighted by Crippen LogP contribution is -2.38. The van der Waals surface area contributed by atoms with Gasteiger partial charge in [-0.2, -0.15) is 5.10 Å². The maximum atomic E-state index is 12.7. The van der Waals surface area contributed by atoms with E-state index in [4.69, 9.17) is 5.73 Å². The van der Waals surface area contributed by atoms with Crippen LogP contribution in [-0.4, -0.2) is 38.0 Å². The highest BCUT2D eigenvalue weighted by Crippen LogP contribution is 2.34. The number of nitrogens with zero attached hydrogens (tertiary/aromatic N) is 4. The van der Waals surface area contributed by atoms with Crippen LogP contribution in [0.5, 0.6) is 0 Å². The molecule has 2 aromatic heterocycles. The number of hydrogen-bond acceptors (Lipinski definition) is 5. The number of aromatic nitrogens is 3. The lowest BCUT2D eigenvalue weighted by molar-refractivity contribution is 0.0604. The van der Waals surface area contributed by atoms with Gasteiger partial charge < -0.3 is 10.6 Å². The van der Waals surface area contributed by atoms with Crippen LogP contribution in [0.3, 0.4) is 0 Å². The van der Waals surface area contributed by atoms with E-state index in [0.29, 0.717) is 17.1 Å². The van der Waals surface area contributed by atoms with Crippen molar-refractivity contribution >= 4 is 23.2 Å². The molecule has 8 heteroatoms. The number of thiazole rings is 1. The van der Waals surface area contributed by atoms with Gasteiger partial charge in [0.25, 0.3) is 11.8 Å². The summed E-state index contributed by atoms with van der Waals surface area (Å²) in [6.45, 7) is 0.672. The van der Waals surface area contributed by atoms with E-state index in [2.05, 4.69) is 10.1 Å². The maximum Gasteiger partial charge on any atom is 0.274 e. The molecule has 1 saturated heterocycles. The number of primary amides is 1. The minimum atomic E-state index is -0.484. The number of carbonyl (C=O) groups excluding carboxylic acids is 2. The first-order valence-corrected chi connectivity index (χ1v) is 7.94. The van der Waals surface area contributed by atoms with E-state index in [0.717, 1.165) is 24.3 Å². The fraction of sp³-hybridized carbons (Fsp3) is 0.429. The van der Waals surface area contributed by atoms with E-state index in [-0.39, 0.29) is 11.9 Å². The predicted octanol–water partition coefficient (Wildman–Crippen LogP) is 1.34. The summed E-state index contributed by atoms with van der Waals surface area (Å²) in [5, 5.41) is 4.94. The molecule has 7 nitrogen and oxygen atoms in total. The summed E-state index contributed by atoms with van der Waals surface area (Å²) in [6.07, 6.45) is 6.07. The van der Waals surface area contributed by atoms with Gasteiger partial charge in [0.2, 0.25) is 0 Å². The number of rotatable bonds is 3. The van der Waals surface area contributed by atoms with Gasteiger partial charge in [0.1, 0.15) is 15.6 Å². The Kier molecular flexibility index (Phi) is 3.93. The minimum absolute atomic E-state index is 0.0962. The third-order valence-corrected chi connectivity index (χ3v) is 4.86. The Bertz CT molecular complexity index is 708. The standard InChI is InChI=1S/C14H17N5O2S/c1-18-7-5-9(17-18)14(21)19-6-3-2-4-10(19)13-16-8-11(22-13)12(15)20/h5,7-8,10H,2-4,6H2,1H3,(H2,15,20)/t10-/m0/s1. The minimum Gasteiger partial charge on any atom is -0.365 e. The van der Waals surface area contributed by atoms with Gasteiger partial charge in [-0.25, -0.2) is 4.98 Å². The van der Waals surface area contributed by atoms with E-state index in [9.17, 15) is 9.59 Å². The topological polar surface area (TPSA) is 94.1 Å². The lowest BCUT2D eigenvalue weighted by Gasteiger charge is -2.34. The van der Waals surface area contributed by atoms with E-state index >= 15 is 0 Å². The highest BCUT2D eigenvalue weighted by atomic mass is 32.1. The Labute approximate surface area is 131 Å². The normalized spacial score (nSPS) is 18.4. The van der Waals surface area contributed by atoms with E-state index in [1.54, 1.807) is 28.9 Å². The van der Waals surface area contributed by atoms with Gasteiger partial charge in [-0.3, -0.25) is 14.3 Å². The number of carbonyl (C=O) groups is 2. The Morgan fingerprint density at radius 2 is 2.23 bits per heavy atom. The summed E-state index contributed by atoms with van der Waals surface area (Å²) >= 11 is 1.26. The van der Waals surface area contributed by atoms with Crippen LogP contribution in [-0.2, 0) is 7.05 Å². The van der Waals surface area contributed by atoms with Crippen LogP contribution >= 0.6 is 11.3 Å². The number of aryl methyl sites for hydroxylation is 1. The molecule has 0 saturated carbocycles. The summed E-state index contributed by atoms with van der Waals surface area (Å²) in [7, 11) is 1.78. The van der Waals surface area contributed by atoms with Crippen molar-refractivity contribution in [2.45, 2.75) is 25.3 Å². The predicted molar refractivity (Wildman–Crippen MR) is 81.5 cm³/mol. The van der Waals surface area contributed by atoms with Crippen LogP contribution in [0.25, 0.3) is 0 Å². The van der Waals surface area contributed by atoms with E-state index < -0.39 is 5.91 Å². The van der Waals surface area contributed by atoms with Gasteiger partial charge in [-0.15, -0.1) is 11.3 Å². The fourth-order valence-electron chi connectivity index (χ4n) is 2.66. The first-order valence-electron chi connectivity index (χ1n) is 7.12. The molecule has 2 N–H and O–H groups in total. The van der Waals surface area contributed by atoms with Crippen LogP contribution in [0.15, 0.2) is 18.5 Å². The highest BCUT2D eigenvalue weighted by Gasteiger charge is 2.31. The maximum absolute atomic E-state index is 12.7. The average molecular weight is 319 g/mol. The SMILES string of the molecule is Cn1ccc(C(=O)N2CCCC[C@H]2c2ncc(C(N)=O)s2)n1. The van der Waals surface area contributed by atoms with E-state index in [1.807, 2.05) is 0 Å². The molecule has 2 amide bonds. The van der Waals surface area contributed by atoms with Gasteiger partial charge >= 0.3 is 0 Å². The molecule has 3 rings (SSSR count). The summed E-state index contributed by atoms with van der Waals surface area (Å²) in [6, 6.07) is 1.60. The number of likely N-dealkylation sites (tertiary alicyclic amines) is 1. The molecule has 1 aliphatic heterocycles. The van der Waals surface area contributed by atoms with Crippen LogP contribution in [0, 0.1) is 0 Å². The molecule has 2 aromatic rings. The second kappa shape index (κ2) is 5.88. The van der Waals surface area contributed by atoms with Crippen molar-refractivity contribution in [3.63, 3.8) is 0 Å². The van der Waals surface area contributed by atoms with Gasteiger partial charge in [0, 0.05) is 19.8 Å². The molecule has 0 radical (unpaired) electrons. The Morgan fingerprint density at radius 3 is 2.86 bits per heavy atom. The average Bonchev–Trinajstić information content (AvgIpc) is 3.15. The third kappa shape index (κ3) is 2.74. The summed E-state index contributed by atoms with van der Waals surface area (Å²) in [4.78, 5) is 30.4. The molecule has 0 aliphatic carbocycles. The zero-order valence-electron chi connectivity index (χ0n) is 12.2. The molecular formula is C14H17N5O2S. The molecule has 1 aliphatic rings. The largest absolute Gasteiger partial charge is 0.365 e. The van der Waals surface area contributed by atoms with Crippen LogP contribution in [0.2, 0.25) is 0 Å². The molecule has 0 bridgehead atoms. The second-order valence-electron chi connectivity index (χ2n) is 5.31.